The third-order valence-electron chi connectivity index (χ3n) is 2.97. The fourth-order valence-corrected chi connectivity index (χ4v) is 3.44. The molecule has 0 N–H and O–H groups in total. The molecule has 1 aromatic heterocycles. The van der Waals surface area contributed by atoms with E-state index in [-0.39, 0.29) is 15.1 Å². The molecule has 0 spiro atoms. The first-order chi connectivity index (χ1) is 8.82. The molecule has 1 atom stereocenters. The highest BCUT2D eigenvalue weighted by Crippen LogP contribution is 2.24. The molecule has 0 saturated heterocycles. The number of pyridine rings is 1. The fourth-order valence-electron chi connectivity index (χ4n) is 1.57. The predicted molar refractivity (Wildman–Crippen MR) is 78.1 cm³/mol. The summed E-state index contributed by atoms with van der Waals surface area (Å²) in [7, 11) is -3.57. The van der Waals surface area contributed by atoms with E-state index in [1.165, 1.54) is 16.6 Å². The summed E-state index contributed by atoms with van der Waals surface area (Å²) in [6, 6.07) is 1.34. The van der Waals surface area contributed by atoms with Gasteiger partial charge in [-0.2, -0.15) is 4.31 Å². The second kappa shape index (κ2) is 6.88. The van der Waals surface area contributed by atoms with Gasteiger partial charge in [-0.1, -0.05) is 50.4 Å². The molecule has 1 aromatic rings. The SMILES string of the molecule is CCC(C)CN(CC)S(=O)(=O)c1cnc(Cl)c(Cl)c1. The van der Waals surface area contributed by atoms with Crippen molar-refractivity contribution in [2.24, 2.45) is 5.92 Å². The molecule has 1 heterocycles. The van der Waals surface area contributed by atoms with Crippen LogP contribution >= 0.6 is 23.2 Å². The van der Waals surface area contributed by atoms with Crippen LogP contribution in [-0.4, -0.2) is 30.8 Å². The summed E-state index contributed by atoms with van der Waals surface area (Å²) in [6.45, 7) is 6.75. The molecule has 0 fully saturated rings. The number of sulfonamides is 1. The average molecular weight is 325 g/mol. The molecule has 7 heteroatoms. The molecule has 0 aromatic carbocycles. The fraction of sp³-hybridized carbons (Fsp3) is 0.583. The van der Waals surface area contributed by atoms with Gasteiger partial charge in [-0.05, 0) is 12.0 Å². The Bertz CT molecular complexity index is 535. The second-order valence-corrected chi connectivity index (χ2v) is 7.12. The molecular weight excluding hydrogens is 307 g/mol. The van der Waals surface area contributed by atoms with Crippen molar-refractivity contribution in [1.29, 1.82) is 0 Å². The highest BCUT2D eigenvalue weighted by atomic mass is 35.5. The summed E-state index contributed by atoms with van der Waals surface area (Å²) in [6.07, 6.45) is 2.16. The van der Waals surface area contributed by atoms with Gasteiger partial charge in [0.15, 0.2) is 0 Å². The molecular formula is C12H18Cl2N2O2S. The third-order valence-corrected chi connectivity index (χ3v) is 5.57. The van der Waals surface area contributed by atoms with E-state index in [9.17, 15) is 8.42 Å². The van der Waals surface area contributed by atoms with Gasteiger partial charge in [0.05, 0.1) is 5.02 Å². The summed E-state index contributed by atoms with van der Waals surface area (Å²) in [5, 5.41) is 0.243. The summed E-state index contributed by atoms with van der Waals surface area (Å²) < 4.78 is 26.4. The molecule has 0 bridgehead atoms. The second-order valence-electron chi connectivity index (χ2n) is 4.41. The molecule has 0 amide bonds. The Balaban J connectivity index is 3.09. The highest BCUT2D eigenvalue weighted by Gasteiger charge is 2.25. The van der Waals surface area contributed by atoms with Gasteiger partial charge < -0.3 is 0 Å². The van der Waals surface area contributed by atoms with E-state index < -0.39 is 10.0 Å². The van der Waals surface area contributed by atoms with Gasteiger partial charge in [0.25, 0.3) is 0 Å². The van der Waals surface area contributed by atoms with Crippen molar-refractivity contribution >= 4 is 33.2 Å². The van der Waals surface area contributed by atoms with Gasteiger partial charge >= 0.3 is 0 Å². The molecule has 19 heavy (non-hydrogen) atoms. The number of hydrogen-bond donors (Lipinski definition) is 0. The first kappa shape index (κ1) is 16.7. The van der Waals surface area contributed by atoms with Crippen molar-refractivity contribution in [3.05, 3.63) is 22.4 Å². The van der Waals surface area contributed by atoms with Crippen LogP contribution in [-0.2, 0) is 10.0 Å². The van der Waals surface area contributed by atoms with Crippen LogP contribution in [0.15, 0.2) is 17.2 Å². The number of rotatable bonds is 6. The van der Waals surface area contributed by atoms with E-state index in [1.807, 2.05) is 20.8 Å². The molecule has 0 aliphatic rings. The van der Waals surface area contributed by atoms with E-state index in [1.54, 1.807) is 0 Å². The van der Waals surface area contributed by atoms with Gasteiger partial charge in [-0.25, -0.2) is 13.4 Å². The van der Waals surface area contributed by atoms with Crippen molar-refractivity contribution in [3.8, 4) is 0 Å². The molecule has 0 aliphatic carbocycles. The van der Waals surface area contributed by atoms with Crippen LogP contribution in [0.2, 0.25) is 10.2 Å². The van der Waals surface area contributed by atoms with E-state index in [0.29, 0.717) is 19.0 Å². The Kier molecular flexibility index (Phi) is 6.05. The van der Waals surface area contributed by atoms with E-state index in [0.717, 1.165) is 6.42 Å². The summed E-state index contributed by atoms with van der Waals surface area (Å²) in [5.74, 6) is 0.297. The third kappa shape index (κ3) is 4.05. The number of halogens is 2. The monoisotopic (exact) mass is 324 g/mol. The minimum atomic E-state index is -3.57. The zero-order chi connectivity index (χ0) is 14.6. The maximum atomic E-state index is 12.5. The lowest BCUT2D eigenvalue weighted by molar-refractivity contribution is 0.361. The van der Waals surface area contributed by atoms with Crippen LogP contribution < -0.4 is 0 Å². The normalized spacial score (nSPS) is 13.8. The van der Waals surface area contributed by atoms with Gasteiger partial charge in [0.1, 0.15) is 10.0 Å². The number of nitrogens with zero attached hydrogens (tertiary/aromatic N) is 2. The van der Waals surface area contributed by atoms with Crippen molar-refractivity contribution in [3.63, 3.8) is 0 Å². The van der Waals surface area contributed by atoms with Crippen LogP contribution in [0.5, 0.6) is 0 Å². The Morgan fingerprint density at radius 1 is 1.37 bits per heavy atom. The Labute approximate surface area is 124 Å². The quantitative estimate of drug-likeness (QED) is 0.753. The standard InChI is InChI=1S/C12H18Cl2N2O2S/c1-4-9(3)8-16(5-2)19(17,18)10-6-11(13)12(14)15-7-10/h6-7,9H,4-5,8H2,1-3H3. The zero-order valence-corrected chi connectivity index (χ0v) is 13.6. The molecule has 4 nitrogen and oxygen atoms in total. The van der Waals surface area contributed by atoms with E-state index in [2.05, 4.69) is 4.98 Å². The lowest BCUT2D eigenvalue weighted by Gasteiger charge is -2.23. The summed E-state index contributed by atoms with van der Waals surface area (Å²) >= 11 is 11.5. The molecule has 1 unspecified atom stereocenters. The van der Waals surface area contributed by atoms with Gasteiger partial charge in [0, 0.05) is 19.3 Å². The van der Waals surface area contributed by atoms with E-state index in [4.69, 9.17) is 23.2 Å². The largest absolute Gasteiger partial charge is 0.244 e. The topological polar surface area (TPSA) is 50.3 Å². The van der Waals surface area contributed by atoms with Crippen LogP contribution in [0, 0.1) is 5.92 Å². The van der Waals surface area contributed by atoms with Crippen molar-refractivity contribution in [2.45, 2.75) is 32.1 Å². The minimum absolute atomic E-state index is 0.0760. The molecule has 1 rings (SSSR count). The smallest absolute Gasteiger partial charge is 0.242 e. The van der Waals surface area contributed by atoms with Gasteiger partial charge in [-0.3, -0.25) is 0 Å². The Hall–Kier alpha value is -0.360. The van der Waals surface area contributed by atoms with E-state index >= 15 is 0 Å². The average Bonchev–Trinajstić information content (AvgIpc) is 2.38. The van der Waals surface area contributed by atoms with Crippen molar-refractivity contribution in [2.75, 3.05) is 13.1 Å². The zero-order valence-electron chi connectivity index (χ0n) is 11.2. The molecule has 0 aliphatic heterocycles. The van der Waals surface area contributed by atoms with Crippen LogP contribution in [0.4, 0.5) is 0 Å². The number of aromatic nitrogens is 1. The Morgan fingerprint density at radius 3 is 2.47 bits per heavy atom. The van der Waals surface area contributed by atoms with Gasteiger partial charge in [-0.15, -0.1) is 0 Å². The van der Waals surface area contributed by atoms with Crippen LogP contribution in [0.25, 0.3) is 0 Å². The first-order valence-electron chi connectivity index (χ1n) is 6.14. The summed E-state index contributed by atoms with van der Waals surface area (Å²) in [5.41, 5.74) is 0. The van der Waals surface area contributed by atoms with Crippen molar-refractivity contribution in [1.82, 2.24) is 9.29 Å². The van der Waals surface area contributed by atoms with Crippen molar-refractivity contribution < 1.29 is 8.42 Å². The number of hydrogen-bond acceptors (Lipinski definition) is 3. The molecule has 108 valence electrons. The lowest BCUT2D eigenvalue weighted by atomic mass is 10.1. The predicted octanol–water partition coefficient (Wildman–Crippen LogP) is 3.45. The van der Waals surface area contributed by atoms with Gasteiger partial charge in [0.2, 0.25) is 10.0 Å². The molecule has 0 radical (unpaired) electrons. The maximum Gasteiger partial charge on any atom is 0.244 e. The van der Waals surface area contributed by atoms with Crippen LogP contribution in [0.3, 0.4) is 0 Å². The summed E-state index contributed by atoms with van der Waals surface area (Å²) in [4.78, 5) is 3.86. The maximum absolute atomic E-state index is 12.5. The first-order valence-corrected chi connectivity index (χ1v) is 8.33. The Morgan fingerprint density at radius 2 is 2.00 bits per heavy atom. The lowest BCUT2D eigenvalue weighted by Crippen LogP contribution is -2.34. The van der Waals surface area contributed by atoms with Crippen LogP contribution in [0.1, 0.15) is 27.2 Å². The minimum Gasteiger partial charge on any atom is -0.242 e. The molecule has 0 saturated carbocycles. The highest BCUT2D eigenvalue weighted by molar-refractivity contribution is 7.89.